The first-order valence-electron chi connectivity index (χ1n) is 4.23. The minimum atomic E-state index is -0.523. The summed E-state index contributed by atoms with van der Waals surface area (Å²) >= 11 is 1.60. The maximum absolute atomic E-state index is 13.1. The zero-order valence-electron chi connectivity index (χ0n) is 8.76. The van der Waals surface area contributed by atoms with Crippen molar-refractivity contribution in [3.63, 3.8) is 0 Å². The van der Waals surface area contributed by atoms with Gasteiger partial charge in [0.2, 0.25) is 0 Å². The molecule has 0 aromatic carbocycles. The Hall–Kier alpha value is -0.840. The summed E-state index contributed by atoms with van der Waals surface area (Å²) in [7, 11) is 0. The number of hydrogen-bond donors (Lipinski definition) is 1. The first kappa shape index (κ1) is 11.2. The van der Waals surface area contributed by atoms with Crippen LogP contribution in [-0.2, 0) is 4.75 Å². The van der Waals surface area contributed by atoms with Gasteiger partial charge in [-0.25, -0.2) is 14.4 Å². The fraction of sp³-hybridized carbons (Fsp3) is 0.556. The van der Waals surface area contributed by atoms with Crippen LogP contribution in [0.25, 0.3) is 0 Å². The lowest BCUT2D eigenvalue weighted by atomic mass is 10.2. The highest BCUT2D eigenvalue weighted by atomic mass is 32.2. The van der Waals surface area contributed by atoms with E-state index in [0.29, 0.717) is 11.5 Å². The first-order valence-corrected chi connectivity index (χ1v) is 5.46. The number of aryl methyl sites for hydroxylation is 1. The number of thioether (sulfide) groups is 1. The minimum Gasteiger partial charge on any atom is -0.381 e. The molecule has 1 rings (SSSR count). The van der Waals surface area contributed by atoms with Crippen molar-refractivity contribution in [3.05, 3.63) is 17.3 Å². The van der Waals surface area contributed by atoms with Gasteiger partial charge in [-0.3, -0.25) is 0 Å². The topological polar surface area (TPSA) is 51.8 Å². The Labute approximate surface area is 87.3 Å². The van der Waals surface area contributed by atoms with Gasteiger partial charge in [-0.2, -0.15) is 11.8 Å². The monoisotopic (exact) mass is 215 g/mol. The Morgan fingerprint density at radius 3 is 2.36 bits per heavy atom. The Morgan fingerprint density at radius 2 is 1.93 bits per heavy atom. The zero-order valence-corrected chi connectivity index (χ0v) is 9.57. The molecular formula is C9H14FN3S. The minimum absolute atomic E-state index is 0.0744. The first-order chi connectivity index (χ1) is 6.38. The third-order valence-corrected chi connectivity index (χ3v) is 3.29. The van der Waals surface area contributed by atoms with E-state index in [2.05, 4.69) is 9.97 Å². The van der Waals surface area contributed by atoms with E-state index in [1.807, 2.05) is 20.1 Å². The van der Waals surface area contributed by atoms with E-state index >= 15 is 0 Å². The Bertz CT molecular complexity index is 329. The number of hydrogen-bond acceptors (Lipinski definition) is 4. The van der Waals surface area contributed by atoms with Gasteiger partial charge in [-0.05, 0) is 27.0 Å². The van der Waals surface area contributed by atoms with Gasteiger partial charge < -0.3 is 5.73 Å². The average molecular weight is 215 g/mol. The number of aromatic nitrogens is 2. The van der Waals surface area contributed by atoms with E-state index in [-0.39, 0.29) is 10.6 Å². The molecule has 0 amide bonds. The molecule has 0 atom stereocenters. The Balaban J connectivity index is 3.26. The summed E-state index contributed by atoms with van der Waals surface area (Å²) in [6.07, 6.45) is 1.96. The van der Waals surface area contributed by atoms with E-state index in [9.17, 15) is 4.39 Å². The molecule has 78 valence electrons. The van der Waals surface area contributed by atoms with Crippen LogP contribution in [0.3, 0.4) is 0 Å². The molecule has 0 aliphatic carbocycles. The molecule has 1 aromatic rings. The lowest BCUT2D eigenvalue weighted by Gasteiger charge is -2.20. The van der Waals surface area contributed by atoms with Crippen LogP contribution in [0.15, 0.2) is 0 Å². The number of anilines is 1. The van der Waals surface area contributed by atoms with E-state index in [0.717, 1.165) is 0 Å². The molecule has 0 saturated heterocycles. The van der Waals surface area contributed by atoms with Crippen molar-refractivity contribution < 1.29 is 4.39 Å². The van der Waals surface area contributed by atoms with Crippen molar-refractivity contribution >= 4 is 17.6 Å². The van der Waals surface area contributed by atoms with Gasteiger partial charge in [0.05, 0.1) is 10.4 Å². The summed E-state index contributed by atoms with van der Waals surface area (Å²) in [6.45, 7) is 5.54. The molecule has 1 aromatic heterocycles. The molecule has 3 nitrogen and oxygen atoms in total. The second-order valence-electron chi connectivity index (χ2n) is 3.55. The predicted molar refractivity (Wildman–Crippen MR) is 57.7 cm³/mol. The van der Waals surface area contributed by atoms with Gasteiger partial charge in [-0.15, -0.1) is 0 Å². The largest absolute Gasteiger partial charge is 0.381 e. The molecule has 2 N–H and O–H groups in total. The van der Waals surface area contributed by atoms with Crippen LogP contribution in [0.4, 0.5) is 10.2 Å². The number of nitrogens with two attached hydrogens (primary N) is 1. The fourth-order valence-electron chi connectivity index (χ4n) is 0.942. The summed E-state index contributed by atoms with van der Waals surface area (Å²) in [5, 5.41) is 0. The highest BCUT2D eigenvalue weighted by molar-refractivity contribution is 7.99. The van der Waals surface area contributed by atoms with Gasteiger partial charge in [0.25, 0.3) is 0 Å². The van der Waals surface area contributed by atoms with Gasteiger partial charge in [-0.1, -0.05) is 0 Å². The van der Waals surface area contributed by atoms with Crippen molar-refractivity contribution in [2.75, 3.05) is 12.0 Å². The predicted octanol–water partition coefficient (Wildman–Crippen LogP) is 2.10. The van der Waals surface area contributed by atoms with Crippen molar-refractivity contribution in [2.24, 2.45) is 0 Å². The summed E-state index contributed by atoms with van der Waals surface area (Å²) in [4.78, 5) is 8.04. The molecule has 5 heteroatoms. The maximum atomic E-state index is 13.1. The molecule has 0 unspecified atom stereocenters. The van der Waals surface area contributed by atoms with Crippen LogP contribution in [0, 0.1) is 12.7 Å². The van der Waals surface area contributed by atoms with E-state index in [1.54, 1.807) is 18.7 Å². The normalized spacial score (nSPS) is 11.8. The summed E-state index contributed by atoms with van der Waals surface area (Å²) in [6, 6.07) is 0. The molecular weight excluding hydrogens is 201 g/mol. The lowest BCUT2D eigenvalue weighted by molar-refractivity contribution is 0.592. The van der Waals surface area contributed by atoms with E-state index < -0.39 is 5.82 Å². The lowest BCUT2D eigenvalue weighted by Crippen LogP contribution is -2.18. The Kier molecular flexibility index (Phi) is 2.99. The van der Waals surface area contributed by atoms with Crippen LogP contribution in [0.5, 0.6) is 0 Å². The number of nitrogen functional groups attached to an aromatic ring is 1. The van der Waals surface area contributed by atoms with Crippen LogP contribution in [0.1, 0.15) is 25.4 Å². The van der Waals surface area contributed by atoms with E-state index in [4.69, 9.17) is 5.73 Å². The van der Waals surface area contributed by atoms with Gasteiger partial charge in [0.1, 0.15) is 5.82 Å². The van der Waals surface area contributed by atoms with Crippen molar-refractivity contribution in [2.45, 2.75) is 25.5 Å². The highest BCUT2D eigenvalue weighted by Crippen LogP contribution is 2.31. The molecule has 0 spiro atoms. The standard InChI is InChI=1S/C9H14FN3S/c1-5-6(10)7(11)13-8(12-5)9(2,3)14-4/h1-4H3,(H2,11,12,13). The van der Waals surface area contributed by atoms with Crippen LogP contribution in [0.2, 0.25) is 0 Å². The zero-order chi connectivity index (χ0) is 10.9. The summed E-state index contributed by atoms with van der Waals surface area (Å²) < 4.78 is 12.9. The number of halogens is 1. The van der Waals surface area contributed by atoms with Gasteiger partial charge in [0.15, 0.2) is 11.6 Å². The summed E-state index contributed by atoms with van der Waals surface area (Å²) in [5.74, 6) is -0.0262. The molecule has 1 heterocycles. The Morgan fingerprint density at radius 1 is 1.36 bits per heavy atom. The fourth-order valence-corrected chi connectivity index (χ4v) is 1.22. The van der Waals surface area contributed by atoms with Crippen LogP contribution >= 0.6 is 11.8 Å². The van der Waals surface area contributed by atoms with Gasteiger partial charge in [0, 0.05) is 0 Å². The maximum Gasteiger partial charge on any atom is 0.186 e. The molecule has 0 radical (unpaired) electrons. The van der Waals surface area contributed by atoms with Crippen molar-refractivity contribution in [3.8, 4) is 0 Å². The molecule has 0 aliphatic rings. The molecule has 0 bridgehead atoms. The smallest absolute Gasteiger partial charge is 0.186 e. The highest BCUT2D eigenvalue weighted by Gasteiger charge is 2.24. The SMILES string of the molecule is CSC(C)(C)c1nc(C)c(F)c(N)n1. The van der Waals surface area contributed by atoms with Crippen LogP contribution < -0.4 is 5.73 Å². The van der Waals surface area contributed by atoms with Crippen molar-refractivity contribution in [1.82, 2.24) is 9.97 Å². The molecule has 14 heavy (non-hydrogen) atoms. The molecule has 0 saturated carbocycles. The summed E-state index contributed by atoms with van der Waals surface area (Å²) in [5.41, 5.74) is 5.74. The van der Waals surface area contributed by atoms with Gasteiger partial charge >= 0.3 is 0 Å². The van der Waals surface area contributed by atoms with Crippen LogP contribution in [-0.4, -0.2) is 16.2 Å². The second-order valence-corrected chi connectivity index (χ2v) is 4.98. The number of nitrogens with zero attached hydrogens (tertiary/aromatic N) is 2. The molecule has 0 fully saturated rings. The van der Waals surface area contributed by atoms with Crippen molar-refractivity contribution in [1.29, 1.82) is 0 Å². The average Bonchev–Trinajstić information content (AvgIpc) is 2.13. The quantitative estimate of drug-likeness (QED) is 0.821. The third-order valence-electron chi connectivity index (χ3n) is 2.09. The van der Waals surface area contributed by atoms with E-state index in [1.165, 1.54) is 0 Å². The number of rotatable bonds is 2. The second kappa shape index (κ2) is 3.73. The third kappa shape index (κ3) is 1.97. The molecule has 0 aliphatic heterocycles.